The summed E-state index contributed by atoms with van der Waals surface area (Å²) in [6.07, 6.45) is 4.55. The summed E-state index contributed by atoms with van der Waals surface area (Å²) >= 11 is 3.49. The maximum Gasteiger partial charge on any atom is 0.254 e. The molecule has 1 N–H and O–H groups in total. The van der Waals surface area contributed by atoms with Crippen molar-refractivity contribution in [2.24, 2.45) is 0 Å². The maximum atomic E-state index is 12.8. The van der Waals surface area contributed by atoms with Gasteiger partial charge < -0.3 is 4.90 Å². The van der Waals surface area contributed by atoms with Gasteiger partial charge in [0.1, 0.15) is 12.2 Å². The van der Waals surface area contributed by atoms with Crippen LogP contribution >= 0.6 is 15.9 Å². The van der Waals surface area contributed by atoms with Crippen LogP contribution in [0.15, 0.2) is 29.0 Å². The molecule has 2 heterocycles. The van der Waals surface area contributed by atoms with Gasteiger partial charge in [-0.05, 0) is 43.9 Å². The number of H-pyrrole nitrogens is 1. The standard InChI is InChI=1S/C15H17BrN4O/c1-10-5-6-11(8-12(10)16)15(21)20-7-3-2-4-13(20)14-17-9-18-19-14/h5-6,8-9,13H,2-4,7H2,1H3,(H,17,18,19). The lowest BCUT2D eigenvalue weighted by Crippen LogP contribution is -2.39. The Hall–Kier alpha value is -1.69. The number of carbonyl (C=O) groups excluding carboxylic acids is 1. The molecular formula is C15H17BrN4O. The van der Waals surface area contributed by atoms with Gasteiger partial charge in [0.05, 0.1) is 6.04 Å². The zero-order valence-corrected chi connectivity index (χ0v) is 13.4. The van der Waals surface area contributed by atoms with Crippen molar-refractivity contribution in [2.75, 3.05) is 6.54 Å². The van der Waals surface area contributed by atoms with Gasteiger partial charge in [0.15, 0.2) is 0 Å². The Bertz CT molecular complexity index is 641. The lowest BCUT2D eigenvalue weighted by atomic mass is 10.00. The van der Waals surface area contributed by atoms with Crippen LogP contribution in [0.1, 0.15) is 47.1 Å². The first-order valence-electron chi connectivity index (χ1n) is 7.09. The third kappa shape index (κ3) is 2.85. The van der Waals surface area contributed by atoms with Crippen molar-refractivity contribution in [1.29, 1.82) is 0 Å². The molecule has 1 amide bonds. The molecule has 110 valence electrons. The molecule has 2 aromatic rings. The number of amides is 1. The molecule has 5 nitrogen and oxygen atoms in total. The highest BCUT2D eigenvalue weighted by atomic mass is 79.9. The van der Waals surface area contributed by atoms with E-state index in [4.69, 9.17) is 0 Å². The van der Waals surface area contributed by atoms with E-state index in [1.807, 2.05) is 30.0 Å². The fourth-order valence-electron chi connectivity index (χ4n) is 2.73. The van der Waals surface area contributed by atoms with Gasteiger partial charge in [0.2, 0.25) is 0 Å². The molecule has 0 radical (unpaired) electrons. The monoisotopic (exact) mass is 348 g/mol. The molecule has 1 atom stereocenters. The molecule has 21 heavy (non-hydrogen) atoms. The Kier molecular flexibility index (Phi) is 4.05. The van der Waals surface area contributed by atoms with Gasteiger partial charge in [0, 0.05) is 16.6 Å². The predicted molar refractivity (Wildman–Crippen MR) is 82.9 cm³/mol. The number of likely N-dealkylation sites (tertiary alicyclic amines) is 1. The molecule has 1 saturated heterocycles. The Morgan fingerprint density at radius 1 is 1.43 bits per heavy atom. The minimum Gasteiger partial charge on any atom is -0.328 e. The summed E-state index contributed by atoms with van der Waals surface area (Å²) in [5.74, 6) is 0.825. The molecule has 0 spiro atoms. The van der Waals surface area contributed by atoms with E-state index < -0.39 is 0 Å². The van der Waals surface area contributed by atoms with Crippen LogP contribution in [0.3, 0.4) is 0 Å². The summed E-state index contributed by atoms with van der Waals surface area (Å²) in [5, 5.41) is 6.81. The molecule has 1 aromatic carbocycles. The number of aryl methyl sites for hydroxylation is 1. The Balaban J connectivity index is 1.89. The van der Waals surface area contributed by atoms with Crippen LogP contribution in [0.4, 0.5) is 0 Å². The first-order valence-corrected chi connectivity index (χ1v) is 7.88. The quantitative estimate of drug-likeness (QED) is 0.905. The molecule has 0 saturated carbocycles. The van der Waals surface area contributed by atoms with Crippen molar-refractivity contribution in [1.82, 2.24) is 20.1 Å². The zero-order chi connectivity index (χ0) is 14.8. The van der Waals surface area contributed by atoms with Gasteiger partial charge in [-0.2, -0.15) is 5.10 Å². The molecule has 1 aliphatic rings. The highest BCUT2D eigenvalue weighted by Crippen LogP contribution is 2.30. The number of halogens is 1. The van der Waals surface area contributed by atoms with Crippen LogP contribution in [0, 0.1) is 6.92 Å². The zero-order valence-electron chi connectivity index (χ0n) is 11.8. The Morgan fingerprint density at radius 2 is 2.29 bits per heavy atom. The Morgan fingerprint density at radius 3 is 3.00 bits per heavy atom. The van der Waals surface area contributed by atoms with Crippen LogP contribution in [-0.2, 0) is 0 Å². The number of nitrogens with one attached hydrogen (secondary N) is 1. The lowest BCUT2D eigenvalue weighted by molar-refractivity contribution is 0.0600. The molecule has 3 rings (SSSR count). The van der Waals surface area contributed by atoms with Crippen molar-refractivity contribution >= 4 is 21.8 Å². The van der Waals surface area contributed by atoms with Gasteiger partial charge in [-0.3, -0.25) is 9.89 Å². The number of rotatable bonds is 2. The van der Waals surface area contributed by atoms with E-state index in [0.29, 0.717) is 5.56 Å². The third-order valence-electron chi connectivity index (χ3n) is 3.93. The number of hydrogen-bond acceptors (Lipinski definition) is 3. The summed E-state index contributed by atoms with van der Waals surface area (Å²) in [5.41, 5.74) is 1.83. The van der Waals surface area contributed by atoms with E-state index in [1.165, 1.54) is 6.33 Å². The number of carbonyl (C=O) groups is 1. The van der Waals surface area contributed by atoms with E-state index in [0.717, 1.165) is 41.7 Å². The highest BCUT2D eigenvalue weighted by Gasteiger charge is 2.30. The van der Waals surface area contributed by atoms with Crippen molar-refractivity contribution < 1.29 is 4.79 Å². The van der Waals surface area contributed by atoms with E-state index in [9.17, 15) is 4.79 Å². The van der Waals surface area contributed by atoms with Gasteiger partial charge >= 0.3 is 0 Å². The Labute approximate surface area is 131 Å². The highest BCUT2D eigenvalue weighted by molar-refractivity contribution is 9.10. The maximum absolute atomic E-state index is 12.8. The number of nitrogens with zero attached hydrogens (tertiary/aromatic N) is 3. The third-order valence-corrected chi connectivity index (χ3v) is 4.79. The van der Waals surface area contributed by atoms with Gasteiger partial charge in [0.25, 0.3) is 5.91 Å². The van der Waals surface area contributed by atoms with Crippen molar-refractivity contribution in [2.45, 2.75) is 32.2 Å². The number of hydrogen-bond donors (Lipinski definition) is 1. The number of benzene rings is 1. The summed E-state index contributed by atoms with van der Waals surface area (Å²) < 4.78 is 0.960. The second-order valence-corrected chi connectivity index (χ2v) is 6.20. The van der Waals surface area contributed by atoms with Crippen LogP contribution in [0.25, 0.3) is 0 Å². The van der Waals surface area contributed by atoms with Gasteiger partial charge in [-0.15, -0.1) is 0 Å². The van der Waals surface area contributed by atoms with Crippen LogP contribution in [0.2, 0.25) is 0 Å². The fraction of sp³-hybridized carbons (Fsp3) is 0.400. The fourth-order valence-corrected chi connectivity index (χ4v) is 3.10. The average molecular weight is 349 g/mol. The molecule has 1 aromatic heterocycles. The first-order chi connectivity index (χ1) is 10.2. The molecule has 1 unspecified atom stereocenters. The molecular weight excluding hydrogens is 332 g/mol. The van der Waals surface area contributed by atoms with Crippen molar-refractivity contribution in [3.8, 4) is 0 Å². The molecule has 6 heteroatoms. The summed E-state index contributed by atoms with van der Waals surface area (Å²) in [6, 6.07) is 5.73. The first kappa shape index (κ1) is 14.3. The number of piperidine rings is 1. The van der Waals surface area contributed by atoms with Gasteiger partial charge in [-0.25, -0.2) is 4.98 Å². The van der Waals surface area contributed by atoms with E-state index in [-0.39, 0.29) is 11.9 Å². The minimum absolute atomic E-state index is 0.00571. The summed E-state index contributed by atoms with van der Waals surface area (Å²) in [7, 11) is 0. The molecule has 1 fully saturated rings. The second-order valence-electron chi connectivity index (χ2n) is 5.34. The SMILES string of the molecule is Cc1ccc(C(=O)N2CCCCC2c2ncn[nH]2)cc1Br. The predicted octanol–water partition coefficient (Wildman–Crippen LogP) is 3.24. The summed E-state index contributed by atoms with van der Waals surface area (Å²) in [4.78, 5) is 18.9. The molecule has 0 aliphatic carbocycles. The second kappa shape index (κ2) is 5.97. The molecule has 0 bridgehead atoms. The van der Waals surface area contributed by atoms with Crippen LogP contribution in [-0.4, -0.2) is 32.5 Å². The van der Waals surface area contributed by atoms with Crippen molar-refractivity contribution in [3.05, 3.63) is 46.0 Å². The topological polar surface area (TPSA) is 61.9 Å². The van der Waals surface area contributed by atoms with Crippen LogP contribution < -0.4 is 0 Å². The summed E-state index contributed by atoms with van der Waals surface area (Å²) in [6.45, 7) is 2.77. The van der Waals surface area contributed by atoms with Crippen molar-refractivity contribution in [3.63, 3.8) is 0 Å². The minimum atomic E-state index is -0.00571. The van der Waals surface area contributed by atoms with E-state index in [1.54, 1.807) is 0 Å². The number of aromatic nitrogens is 3. The normalized spacial score (nSPS) is 18.8. The lowest BCUT2D eigenvalue weighted by Gasteiger charge is -2.34. The average Bonchev–Trinajstić information content (AvgIpc) is 3.03. The molecule has 1 aliphatic heterocycles. The smallest absolute Gasteiger partial charge is 0.254 e. The largest absolute Gasteiger partial charge is 0.328 e. The van der Waals surface area contributed by atoms with Crippen LogP contribution in [0.5, 0.6) is 0 Å². The number of aromatic amines is 1. The van der Waals surface area contributed by atoms with E-state index >= 15 is 0 Å². The van der Waals surface area contributed by atoms with E-state index in [2.05, 4.69) is 31.1 Å². The van der Waals surface area contributed by atoms with Gasteiger partial charge in [-0.1, -0.05) is 22.0 Å².